The molecule has 0 radical (unpaired) electrons. The predicted octanol–water partition coefficient (Wildman–Crippen LogP) is 5.21. The lowest BCUT2D eigenvalue weighted by molar-refractivity contribution is -0.118. The van der Waals surface area contributed by atoms with Gasteiger partial charge in [0.05, 0.1) is 17.9 Å². The summed E-state index contributed by atoms with van der Waals surface area (Å²) in [5, 5.41) is 24.4. The molecule has 2 rings (SSSR count). The van der Waals surface area contributed by atoms with Crippen molar-refractivity contribution in [1.82, 2.24) is 0 Å². The molecule has 1 aromatic rings. The number of carbonyl (C=O) groups excluding carboxylic acids is 2. The van der Waals surface area contributed by atoms with Crippen molar-refractivity contribution in [1.29, 1.82) is 0 Å². The van der Waals surface area contributed by atoms with E-state index in [-0.39, 0.29) is 30.3 Å². The molecule has 1 heterocycles. The zero-order valence-electron chi connectivity index (χ0n) is 23.2. The molecule has 1 aliphatic heterocycles. The highest BCUT2D eigenvalue weighted by Crippen LogP contribution is 2.29. The summed E-state index contributed by atoms with van der Waals surface area (Å²) < 4.78 is 10.7. The second-order valence-electron chi connectivity index (χ2n) is 10.3. The van der Waals surface area contributed by atoms with Crippen molar-refractivity contribution in [2.75, 3.05) is 11.9 Å². The van der Waals surface area contributed by atoms with E-state index in [9.17, 15) is 19.8 Å². The summed E-state index contributed by atoms with van der Waals surface area (Å²) in [5.41, 5.74) is 7.87. The molecule has 0 aromatic heterocycles. The Kier molecular flexibility index (Phi) is 12.6. The number of aliphatic hydroxyl groups excluding tert-OH is 2. The molecule has 6 atom stereocenters. The molecule has 5 N–H and O–H groups in total. The summed E-state index contributed by atoms with van der Waals surface area (Å²) in [6.45, 7) is 9.85. The number of nitrogens with two attached hydrogens (primary N) is 1. The van der Waals surface area contributed by atoms with Gasteiger partial charge in [-0.15, -0.1) is 0 Å². The van der Waals surface area contributed by atoms with E-state index < -0.39 is 24.4 Å². The number of aliphatic hydroxyl groups is 2. The quantitative estimate of drug-likeness (QED) is 0.245. The van der Waals surface area contributed by atoms with Gasteiger partial charge < -0.3 is 30.7 Å². The van der Waals surface area contributed by atoms with Crippen LogP contribution in [0.5, 0.6) is 5.75 Å². The average molecular weight is 529 g/mol. The van der Waals surface area contributed by atoms with E-state index in [1.807, 2.05) is 83.2 Å². The van der Waals surface area contributed by atoms with Crippen LogP contribution in [0.1, 0.15) is 65.9 Å². The van der Waals surface area contributed by atoms with Gasteiger partial charge in [0.25, 0.3) is 5.91 Å². The lowest BCUT2D eigenvalue weighted by Crippen LogP contribution is -2.37. The third-order valence-corrected chi connectivity index (χ3v) is 6.87. The highest BCUT2D eigenvalue weighted by Gasteiger charge is 2.30. The summed E-state index contributed by atoms with van der Waals surface area (Å²) in [6.07, 6.45) is 9.71. The Labute approximate surface area is 226 Å². The first-order valence-corrected chi connectivity index (χ1v) is 13.4. The van der Waals surface area contributed by atoms with Crippen molar-refractivity contribution in [2.45, 2.75) is 78.6 Å². The number of hydrogen-bond acceptors (Lipinski definition) is 6. The molecule has 0 bridgehead atoms. The number of primary amides is 1. The van der Waals surface area contributed by atoms with Gasteiger partial charge in [0, 0.05) is 18.3 Å². The molecule has 210 valence electrons. The second kappa shape index (κ2) is 15.3. The van der Waals surface area contributed by atoms with Crippen LogP contribution < -0.4 is 15.8 Å². The fraction of sp³-hybridized carbons (Fsp3) is 0.533. The van der Waals surface area contributed by atoms with Crippen LogP contribution in [0.25, 0.3) is 6.08 Å². The van der Waals surface area contributed by atoms with Gasteiger partial charge >= 0.3 is 6.09 Å². The number of benzene rings is 1. The Morgan fingerprint density at radius 2 is 1.92 bits per heavy atom. The normalized spacial score (nSPS) is 18.7. The minimum Gasteiger partial charge on any atom is -0.482 e. The first-order chi connectivity index (χ1) is 18.0. The smallest absolute Gasteiger partial charge is 0.404 e. The minimum absolute atomic E-state index is 0.0246. The summed E-state index contributed by atoms with van der Waals surface area (Å²) in [4.78, 5) is 22.9. The van der Waals surface area contributed by atoms with Crippen LogP contribution in [0, 0.1) is 17.8 Å². The van der Waals surface area contributed by atoms with Gasteiger partial charge in [-0.05, 0) is 49.8 Å². The number of fused-ring (bicyclic) bond motifs is 1. The van der Waals surface area contributed by atoms with Gasteiger partial charge in [0.1, 0.15) is 11.9 Å². The largest absolute Gasteiger partial charge is 0.482 e. The van der Waals surface area contributed by atoms with Gasteiger partial charge in [0.2, 0.25) is 0 Å². The fourth-order valence-corrected chi connectivity index (χ4v) is 4.67. The molecule has 6 unspecified atom stereocenters. The molecule has 0 saturated carbocycles. The second-order valence-corrected chi connectivity index (χ2v) is 10.3. The molecule has 0 spiro atoms. The van der Waals surface area contributed by atoms with Crippen molar-refractivity contribution in [3.05, 3.63) is 53.6 Å². The zero-order chi connectivity index (χ0) is 28.2. The zero-order valence-corrected chi connectivity index (χ0v) is 23.2. The minimum atomic E-state index is -0.841. The number of amides is 2. The predicted molar refractivity (Wildman–Crippen MR) is 151 cm³/mol. The summed E-state index contributed by atoms with van der Waals surface area (Å²) in [5.74, 6) is 0.0255. The number of carbonyl (C=O) groups is 2. The third kappa shape index (κ3) is 9.99. The lowest BCUT2D eigenvalue weighted by atomic mass is 9.84. The number of hydrogen-bond donors (Lipinski definition) is 4. The molecule has 0 saturated heterocycles. The van der Waals surface area contributed by atoms with E-state index in [0.29, 0.717) is 30.7 Å². The van der Waals surface area contributed by atoms with Gasteiger partial charge in [0.15, 0.2) is 6.61 Å². The summed E-state index contributed by atoms with van der Waals surface area (Å²) in [6, 6.07) is 5.56. The van der Waals surface area contributed by atoms with E-state index in [4.69, 9.17) is 15.2 Å². The first-order valence-electron chi connectivity index (χ1n) is 13.4. The highest BCUT2D eigenvalue weighted by molar-refractivity contribution is 5.95. The molecular formula is C30H44N2O6. The maximum absolute atomic E-state index is 11.5. The number of anilines is 1. The summed E-state index contributed by atoms with van der Waals surface area (Å²) >= 11 is 0. The highest BCUT2D eigenvalue weighted by atomic mass is 16.6. The SMILES string of the molecule is CC/C=C\CC(OC(N)=O)C(C)C(O)C(C)C/C(C)=C\C(C)C(O)C/C=C\c1ccc2c(c1)NC(=O)CO2. The monoisotopic (exact) mass is 528 g/mol. The number of nitrogens with one attached hydrogen (secondary N) is 1. The molecule has 2 amide bonds. The third-order valence-electron chi connectivity index (χ3n) is 6.87. The number of rotatable bonds is 14. The van der Waals surface area contributed by atoms with E-state index >= 15 is 0 Å². The lowest BCUT2D eigenvalue weighted by Gasteiger charge is -2.30. The molecule has 0 aliphatic carbocycles. The van der Waals surface area contributed by atoms with Crippen molar-refractivity contribution in [2.24, 2.45) is 23.5 Å². The Balaban J connectivity index is 1.90. The molecular weight excluding hydrogens is 484 g/mol. The molecule has 8 nitrogen and oxygen atoms in total. The van der Waals surface area contributed by atoms with Gasteiger partial charge in [-0.3, -0.25) is 4.79 Å². The fourth-order valence-electron chi connectivity index (χ4n) is 4.67. The van der Waals surface area contributed by atoms with Crippen LogP contribution in [0.4, 0.5) is 10.5 Å². The van der Waals surface area contributed by atoms with Crippen LogP contribution in [0.15, 0.2) is 48.1 Å². The Bertz CT molecular complexity index is 1020. The number of ether oxygens (including phenoxy) is 2. The van der Waals surface area contributed by atoms with Crippen molar-refractivity contribution >= 4 is 23.8 Å². The van der Waals surface area contributed by atoms with Crippen molar-refractivity contribution < 1.29 is 29.3 Å². The molecule has 38 heavy (non-hydrogen) atoms. The Morgan fingerprint density at radius 1 is 1.18 bits per heavy atom. The maximum atomic E-state index is 11.5. The van der Waals surface area contributed by atoms with Crippen LogP contribution in [0.2, 0.25) is 0 Å². The van der Waals surface area contributed by atoms with Gasteiger partial charge in [-0.25, -0.2) is 4.79 Å². The van der Waals surface area contributed by atoms with E-state index in [2.05, 4.69) is 5.32 Å². The van der Waals surface area contributed by atoms with Crippen LogP contribution in [-0.4, -0.2) is 47.1 Å². The standard InChI is InChI=1S/C30H44N2O6/c1-6-7-8-12-26(38-30(31)36)22(5)29(35)21(4)16-19(2)15-20(3)25(33)11-9-10-23-13-14-27-24(17-23)32-28(34)18-37-27/h7-10,13-15,17,20-22,25-26,29,33,35H,6,11-12,16,18H2,1-5H3,(H2,31,36)(H,32,34)/b8-7-,10-9-,19-15-. The van der Waals surface area contributed by atoms with Gasteiger partial charge in [-0.2, -0.15) is 0 Å². The molecule has 1 aliphatic rings. The molecule has 1 aromatic carbocycles. The topological polar surface area (TPSA) is 131 Å². The van der Waals surface area contributed by atoms with E-state index in [1.165, 1.54) is 0 Å². The molecule has 0 fully saturated rings. The maximum Gasteiger partial charge on any atom is 0.404 e. The summed E-state index contributed by atoms with van der Waals surface area (Å²) in [7, 11) is 0. The first kappa shape index (κ1) is 31.1. The van der Waals surface area contributed by atoms with Crippen LogP contribution in [-0.2, 0) is 9.53 Å². The Morgan fingerprint density at radius 3 is 2.61 bits per heavy atom. The average Bonchev–Trinajstić information content (AvgIpc) is 2.86. The van der Waals surface area contributed by atoms with Gasteiger partial charge in [-0.1, -0.05) is 69.7 Å². The van der Waals surface area contributed by atoms with Crippen molar-refractivity contribution in [3.63, 3.8) is 0 Å². The van der Waals surface area contributed by atoms with E-state index in [0.717, 1.165) is 17.6 Å². The van der Waals surface area contributed by atoms with E-state index in [1.54, 1.807) is 0 Å². The van der Waals surface area contributed by atoms with Crippen molar-refractivity contribution in [3.8, 4) is 5.75 Å². The molecule has 8 heteroatoms. The van der Waals surface area contributed by atoms with Crippen LogP contribution in [0.3, 0.4) is 0 Å². The Hall–Kier alpha value is -3.10. The number of allylic oxidation sites excluding steroid dienone is 2. The van der Waals surface area contributed by atoms with Crippen LogP contribution >= 0.6 is 0 Å².